The van der Waals surface area contributed by atoms with Crippen molar-refractivity contribution in [3.05, 3.63) is 23.4 Å². The fraction of sp³-hybridized carbons (Fsp3) is 0.684. The molecule has 0 aromatic carbocycles. The molecule has 2 aliphatic rings. The van der Waals surface area contributed by atoms with Crippen LogP contribution in [-0.4, -0.2) is 79.6 Å². The van der Waals surface area contributed by atoms with E-state index in [9.17, 15) is 14.1 Å². The number of aromatic nitrogens is 1. The number of anilines is 2. The highest BCUT2D eigenvalue weighted by molar-refractivity contribution is 5.96. The van der Waals surface area contributed by atoms with E-state index < -0.39 is 30.3 Å². The molecule has 2 unspecified atom stereocenters. The highest BCUT2D eigenvalue weighted by Gasteiger charge is 2.37. The van der Waals surface area contributed by atoms with Gasteiger partial charge in [0.25, 0.3) is 0 Å². The number of halogens is 1. The molecule has 3 rings (SSSR count). The molecule has 0 radical (unpaired) electrons. The van der Waals surface area contributed by atoms with Crippen LogP contribution >= 0.6 is 0 Å². The maximum absolute atomic E-state index is 13.4. The van der Waals surface area contributed by atoms with Crippen molar-refractivity contribution in [2.75, 3.05) is 49.5 Å². The third-order valence-corrected chi connectivity index (χ3v) is 5.71. The molecule has 1 aromatic heterocycles. The van der Waals surface area contributed by atoms with E-state index >= 15 is 0 Å². The summed E-state index contributed by atoms with van der Waals surface area (Å²) in [5.74, 6) is -1.47. The third kappa shape index (κ3) is 5.28. The molecular formula is C19H31FN8O2. The van der Waals surface area contributed by atoms with Crippen LogP contribution in [0.15, 0.2) is 23.6 Å². The lowest BCUT2D eigenvalue weighted by Crippen LogP contribution is -2.62. The van der Waals surface area contributed by atoms with Gasteiger partial charge in [0.05, 0.1) is 23.7 Å². The summed E-state index contributed by atoms with van der Waals surface area (Å²) in [6, 6.07) is 2.35. The predicted octanol–water partition coefficient (Wildman–Crippen LogP) is 0.0749. The molecule has 166 valence electrons. The Bertz CT molecular complexity index is 720. The highest BCUT2D eigenvalue weighted by atomic mass is 19.1. The number of carbonyl (C=O) groups excluding carboxylic acids is 1. The van der Waals surface area contributed by atoms with E-state index in [-0.39, 0.29) is 13.1 Å². The van der Waals surface area contributed by atoms with Crippen LogP contribution in [0.4, 0.5) is 15.8 Å². The van der Waals surface area contributed by atoms with Gasteiger partial charge in [0, 0.05) is 51.5 Å². The third-order valence-electron chi connectivity index (χ3n) is 5.71. The molecule has 2 fully saturated rings. The number of rotatable bonds is 7. The molecule has 2 saturated heterocycles. The molecule has 10 nitrogen and oxygen atoms in total. The van der Waals surface area contributed by atoms with Gasteiger partial charge in [0.1, 0.15) is 12.1 Å². The van der Waals surface area contributed by atoms with Crippen LogP contribution in [0.2, 0.25) is 0 Å². The lowest BCUT2D eigenvalue weighted by Gasteiger charge is -2.39. The number of alkyl halides is 1. The molecule has 1 amide bonds. The van der Waals surface area contributed by atoms with Crippen LogP contribution in [0.5, 0.6) is 0 Å². The Hall–Kier alpha value is -2.21. The fourth-order valence-corrected chi connectivity index (χ4v) is 3.93. The van der Waals surface area contributed by atoms with Crippen molar-refractivity contribution in [1.29, 1.82) is 0 Å². The summed E-state index contributed by atoms with van der Waals surface area (Å²) in [5.41, 5.74) is 7.22. The molecule has 0 bridgehead atoms. The Balaban J connectivity index is 1.73. The number of piperazine rings is 1. The molecule has 0 saturated carbocycles. The molecule has 2 aliphatic heterocycles. The number of nitrogens with one attached hydrogen (secondary N) is 3. The van der Waals surface area contributed by atoms with E-state index in [4.69, 9.17) is 5.73 Å². The van der Waals surface area contributed by atoms with Crippen LogP contribution in [0.25, 0.3) is 0 Å². The van der Waals surface area contributed by atoms with E-state index in [0.717, 1.165) is 31.9 Å². The van der Waals surface area contributed by atoms with Crippen LogP contribution in [0.3, 0.4) is 0 Å². The van der Waals surface area contributed by atoms with Gasteiger partial charge in [-0.1, -0.05) is 5.18 Å². The molecule has 2 atom stereocenters. The summed E-state index contributed by atoms with van der Waals surface area (Å²) in [7, 11) is 0. The first kappa shape index (κ1) is 22.5. The largest absolute Gasteiger partial charge is 0.367 e. The predicted molar refractivity (Wildman–Crippen MR) is 114 cm³/mol. The standard InChI is InChI=1S/C19H31FN8O2/c1-12(2)27-5-7-28(8-6-27)15-3-4-22-11-14(15)25-19(29)16(17(21)26-30)18-23-9-13(20)10-24-18/h3-4,11-13,16-18,23-24H,5-10,21H2,1-2H3,(H,25,29). The van der Waals surface area contributed by atoms with Crippen molar-refractivity contribution in [1.82, 2.24) is 20.5 Å². The number of nitroso groups, excluding NO2 is 1. The first-order chi connectivity index (χ1) is 14.4. The summed E-state index contributed by atoms with van der Waals surface area (Å²) in [6.45, 7) is 8.01. The van der Waals surface area contributed by atoms with Gasteiger partial charge in [-0.3, -0.25) is 25.3 Å². The minimum atomic E-state index is -1.28. The SMILES string of the molecule is CC(C)N1CCN(c2ccncc2NC(=O)C(C(N)N=O)C2NCC(F)CN2)CC1. The molecular weight excluding hydrogens is 391 g/mol. The number of hydrogen-bond acceptors (Lipinski definition) is 9. The summed E-state index contributed by atoms with van der Waals surface area (Å²) < 4.78 is 13.4. The number of pyridine rings is 1. The summed E-state index contributed by atoms with van der Waals surface area (Å²) >= 11 is 0. The Labute approximate surface area is 175 Å². The van der Waals surface area contributed by atoms with Gasteiger partial charge >= 0.3 is 0 Å². The van der Waals surface area contributed by atoms with Gasteiger partial charge in [-0.2, -0.15) is 0 Å². The molecule has 0 spiro atoms. The van der Waals surface area contributed by atoms with Crippen molar-refractivity contribution in [3.8, 4) is 0 Å². The lowest BCUT2D eigenvalue weighted by atomic mass is 9.99. The van der Waals surface area contributed by atoms with E-state index in [1.807, 2.05) is 6.07 Å². The fourth-order valence-electron chi connectivity index (χ4n) is 3.93. The van der Waals surface area contributed by atoms with Crippen LogP contribution < -0.4 is 26.6 Å². The average molecular weight is 423 g/mol. The molecule has 0 aliphatic carbocycles. The second-order valence-electron chi connectivity index (χ2n) is 8.01. The maximum Gasteiger partial charge on any atom is 0.234 e. The van der Waals surface area contributed by atoms with E-state index in [1.54, 1.807) is 12.4 Å². The number of amides is 1. The minimum Gasteiger partial charge on any atom is -0.367 e. The number of nitrogens with zero attached hydrogens (tertiary/aromatic N) is 4. The zero-order valence-electron chi connectivity index (χ0n) is 17.4. The number of carbonyl (C=O) groups is 1. The van der Waals surface area contributed by atoms with Crippen molar-refractivity contribution in [3.63, 3.8) is 0 Å². The van der Waals surface area contributed by atoms with Crippen molar-refractivity contribution in [2.45, 2.75) is 38.4 Å². The van der Waals surface area contributed by atoms with Crippen molar-refractivity contribution >= 4 is 17.3 Å². The van der Waals surface area contributed by atoms with Gasteiger partial charge < -0.3 is 16.0 Å². The Kier molecular flexibility index (Phi) is 7.64. The minimum absolute atomic E-state index is 0.0747. The van der Waals surface area contributed by atoms with E-state index in [0.29, 0.717) is 11.7 Å². The zero-order chi connectivity index (χ0) is 21.7. The highest BCUT2D eigenvalue weighted by Crippen LogP contribution is 2.27. The molecule has 11 heteroatoms. The Morgan fingerprint density at radius 2 is 1.97 bits per heavy atom. The van der Waals surface area contributed by atoms with E-state index in [1.165, 1.54) is 0 Å². The summed E-state index contributed by atoms with van der Waals surface area (Å²) in [4.78, 5) is 32.9. The maximum atomic E-state index is 13.4. The number of hydrogen-bond donors (Lipinski definition) is 4. The van der Waals surface area contributed by atoms with E-state index in [2.05, 4.69) is 49.8 Å². The van der Waals surface area contributed by atoms with Gasteiger partial charge in [-0.05, 0) is 19.9 Å². The van der Waals surface area contributed by atoms with Crippen molar-refractivity contribution < 1.29 is 9.18 Å². The normalized spacial score (nSPS) is 25.0. The smallest absolute Gasteiger partial charge is 0.234 e. The van der Waals surface area contributed by atoms with Crippen molar-refractivity contribution in [2.24, 2.45) is 16.8 Å². The van der Waals surface area contributed by atoms with Gasteiger partial charge in [0.2, 0.25) is 5.91 Å². The quantitative estimate of drug-likeness (QED) is 0.455. The Morgan fingerprint density at radius 3 is 2.57 bits per heavy atom. The number of nitrogens with two attached hydrogens (primary N) is 1. The zero-order valence-corrected chi connectivity index (χ0v) is 17.4. The monoisotopic (exact) mass is 422 g/mol. The second-order valence-corrected chi connectivity index (χ2v) is 8.01. The van der Waals surface area contributed by atoms with Crippen LogP contribution in [0, 0.1) is 10.8 Å². The summed E-state index contributed by atoms with van der Waals surface area (Å²) in [6.07, 6.45) is 0.264. The van der Waals surface area contributed by atoms with Gasteiger partial charge in [-0.15, -0.1) is 4.91 Å². The average Bonchev–Trinajstić information content (AvgIpc) is 2.75. The van der Waals surface area contributed by atoms with Crippen LogP contribution in [0.1, 0.15) is 13.8 Å². The van der Waals surface area contributed by atoms with Gasteiger partial charge in [-0.25, -0.2) is 4.39 Å². The summed E-state index contributed by atoms with van der Waals surface area (Å²) in [5, 5.41) is 11.5. The first-order valence-electron chi connectivity index (χ1n) is 10.3. The Morgan fingerprint density at radius 1 is 1.30 bits per heavy atom. The molecule has 3 heterocycles. The van der Waals surface area contributed by atoms with Gasteiger partial charge in [0.15, 0.2) is 6.17 Å². The second kappa shape index (κ2) is 10.2. The molecule has 30 heavy (non-hydrogen) atoms. The molecule has 1 aromatic rings. The van der Waals surface area contributed by atoms with Crippen LogP contribution in [-0.2, 0) is 4.79 Å². The lowest BCUT2D eigenvalue weighted by molar-refractivity contribution is -0.122. The topological polar surface area (TPSA) is 128 Å². The molecule has 5 N–H and O–H groups in total. The first-order valence-corrected chi connectivity index (χ1v) is 10.3.